The summed E-state index contributed by atoms with van der Waals surface area (Å²) in [5.41, 5.74) is -1.42. The number of nitrogens with one attached hydrogen (secondary N) is 1. The van der Waals surface area contributed by atoms with Crippen LogP contribution < -0.4 is 14.8 Å². The van der Waals surface area contributed by atoms with Gasteiger partial charge in [-0.2, -0.15) is 38.8 Å². The summed E-state index contributed by atoms with van der Waals surface area (Å²) < 4.78 is 147. The number of anilines is 2. The van der Waals surface area contributed by atoms with Crippen LogP contribution in [0, 0.1) is 10.1 Å². The number of azo groups is 2. The van der Waals surface area contributed by atoms with E-state index in [-0.39, 0.29) is 50.5 Å². The SMILES string of the molecule is COc1cc(N=Nc2ccc(C=Cc3ccc([N+](=O)[O-])cc3S(=O)(=O)O)c(S(=O)(=O)O)c2)c(OCCS(=O)(=O)O)cc1N=Nc1c(S(=O)(=O)O)cc2cc(Nc3ccccc3)ccc2c1O. The van der Waals surface area contributed by atoms with Crippen LogP contribution >= 0.6 is 0 Å². The van der Waals surface area contributed by atoms with Crippen molar-refractivity contribution in [1.82, 2.24) is 0 Å². The van der Waals surface area contributed by atoms with Gasteiger partial charge in [-0.1, -0.05) is 36.4 Å². The average molecular weight is 985 g/mol. The number of rotatable bonds is 17. The Morgan fingerprint density at radius 1 is 0.652 bits per heavy atom. The van der Waals surface area contributed by atoms with Gasteiger partial charge in [-0.25, -0.2) is 0 Å². The van der Waals surface area contributed by atoms with Gasteiger partial charge in [0, 0.05) is 41.0 Å². The Morgan fingerprint density at radius 3 is 1.85 bits per heavy atom. The molecule has 0 aliphatic rings. The Balaban J connectivity index is 1.38. The average Bonchev–Trinajstić information content (AvgIpc) is 3.23. The molecule has 0 amide bonds. The van der Waals surface area contributed by atoms with Crippen LogP contribution in [0.2, 0.25) is 0 Å². The first kappa shape index (κ1) is 48.2. The number of phenolic OH excluding ortho intramolecular Hbond substituents is 1. The first-order valence-electron chi connectivity index (χ1n) is 18.2. The first-order valence-corrected chi connectivity index (χ1v) is 24.1. The molecular formula is C39H32N6O17S4. The monoisotopic (exact) mass is 984 g/mol. The number of fused-ring (bicyclic) bond motifs is 1. The Kier molecular flexibility index (Phi) is 13.9. The Labute approximate surface area is 374 Å². The molecule has 6 rings (SSSR count). The predicted octanol–water partition coefficient (Wildman–Crippen LogP) is 8.21. The summed E-state index contributed by atoms with van der Waals surface area (Å²) in [6.45, 7) is -0.689. The molecule has 0 fully saturated rings. The minimum Gasteiger partial charge on any atom is -0.505 e. The van der Waals surface area contributed by atoms with Gasteiger partial charge in [0.05, 0.1) is 17.7 Å². The third kappa shape index (κ3) is 11.9. The number of ether oxygens (including phenoxy) is 2. The van der Waals surface area contributed by atoms with E-state index in [4.69, 9.17) is 9.47 Å². The van der Waals surface area contributed by atoms with Crippen molar-refractivity contribution < 1.29 is 71.4 Å². The maximum atomic E-state index is 12.6. The fraction of sp³-hybridized carbons (Fsp3) is 0.0769. The van der Waals surface area contributed by atoms with E-state index < -0.39 is 89.6 Å². The van der Waals surface area contributed by atoms with Gasteiger partial charge in [0.2, 0.25) is 0 Å². The zero-order chi connectivity index (χ0) is 48.2. The van der Waals surface area contributed by atoms with Crippen LogP contribution in [0.3, 0.4) is 0 Å². The van der Waals surface area contributed by atoms with E-state index in [2.05, 4.69) is 25.8 Å². The molecular weight excluding hydrogens is 953 g/mol. The second-order valence-electron chi connectivity index (χ2n) is 13.5. The van der Waals surface area contributed by atoms with E-state index in [1.165, 1.54) is 25.3 Å². The summed E-state index contributed by atoms with van der Waals surface area (Å²) >= 11 is 0. The highest BCUT2D eigenvalue weighted by atomic mass is 32.2. The molecule has 0 spiro atoms. The standard InChI is InChI=1S/C39H32N6O17S4/c1-61-33-21-32(42-41-28-11-9-23(35(19-28)64(52,53)54)7-8-24-10-13-29(45(47)48)20-36(24)65(55,56)57)34(62-15-16-63(49,50)51)22-31(33)43-44-38-37(66(58,59)60)18-25-17-27(12-14-30(25)39(38)46)40-26-5-3-2-4-6-26/h2-14,17-22,40,46H,15-16H2,1H3,(H,49,50,51)(H,52,53,54)(H,55,56,57)(H,58,59,60). The molecule has 6 aromatic rings. The fourth-order valence-electron chi connectivity index (χ4n) is 5.98. The van der Waals surface area contributed by atoms with Crippen molar-refractivity contribution in [2.75, 3.05) is 24.8 Å². The summed E-state index contributed by atoms with van der Waals surface area (Å²) in [6.07, 6.45) is 2.03. The third-order valence-electron chi connectivity index (χ3n) is 8.98. The highest BCUT2D eigenvalue weighted by Gasteiger charge is 2.24. The summed E-state index contributed by atoms with van der Waals surface area (Å²) in [6, 6.07) is 22.5. The largest absolute Gasteiger partial charge is 0.505 e. The number of non-ortho nitro benzene ring substituents is 1. The van der Waals surface area contributed by atoms with Crippen LogP contribution in [0.15, 0.2) is 138 Å². The highest BCUT2D eigenvalue weighted by molar-refractivity contribution is 7.86. The normalized spacial score (nSPS) is 12.6. The fourth-order valence-corrected chi connectivity index (χ4v) is 8.34. The number of para-hydroxylation sites is 1. The minimum absolute atomic E-state index is 0.115. The van der Waals surface area contributed by atoms with Crippen molar-refractivity contribution in [1.29, 1.82) is 0 Å². The molecule has 0 saturated carbocycles. The van der Waals surface area contributed by atoms with Crippen LogP contribution in [0.5, 0.6) is 17.2 Å². The molecule has 0 radical (unpaired) electrons. The van der Waals surface area contributed by atoms with Gasteiger partial charge in [-0.05, 0) is 71.1 Å². The lowest BCUT2D eigenvalue weighted by Gasteiger charge is -2.13. The van der Waals surface area contributed by atoms with Gasteiger partial charge in [0.25, 0.3) is 46.2 Å². The molecule has 0 atom stereocenters. The van der Waals surface area contributed by atoms with Crippen LogP contribution in [0.4, 0.5) is 39.8 Å². The molecule has 27 heteroatoms. The van der Waals surface area contributed by atoms with Gasteiger partial charge in [-0.15, -0.1) is 15.3 Å². The molecule has 0 bridgehead atoms. The second-order valence-corrected chi connectivity index (χ2v) is 19.2. The third-order valence-corrected chi connectivity index (χ3v) is 12.4. The molecule has 344 valence electrons. The van der Waals surface area contributed by atoms with Gasteiger partial charge in [0.15, 0.2) is 5.75 Å². The molecule has 0 saturated heterocycles. The Morgan fingerprint density at radius 2 is 1.24 bits per heavy atom. The lowest BCUT2D eigenvalue weighted by Crippen LogP contribution is -2.12. The van der Waals surface area contributed by atoms with Gasteiger partial charge < -0.3 is 19.9 Å². The molecule has 0 heterocycles. The molecule has 0 aliphatic carbocycles. The Hall–Kier alpha value is -7.24. The summed E-state index contributed by atoms with van der Waals surface area (Å²) in [7, 11) is -18.5. The number of nitro groups is 1. The summed E-state index contributed by atoms with van der Waals surface area (Å²) in [4.78, 5) is 7.78. The quantitative estimate of drug-likeness (QED) is 0.0165. The van der Waals surface area contributed by atoms with Crippen molar-refractivity contribution >= 4 is 103 Å². The van der Waals surface area contributed by atoms with Crippen LogP contribution in [-0.4, -0.2) is 81.4 Å². The van der Waals surface area contributed by atoms with Gasteiger partial charge >= 0.3 is 0 Å². The number of methoxy groups -OCH3 is 1. The second kappa shape index (κ2) is 19.1. The van der Waals surface area contributed by atoms with Crippen LogP contribution in [0.25, 0.3) is 22.9 Å². The summed E-state index contributed by atoms with van der Waals surface area (Å²) in [5.74, 6) is -2.10. The van der Waals surface area contributed by atoms with Crippen molar-refractivity contribution in [2.24, 2.45) is 20.5 Å². The van der Waals surface area contributed by atoms with Crippen molar-refractivity contribution in [3.05, 3.63) is 124 Å². The van der Waals surface area contributed by atoms with E-state index >= 15 is 0 Å². The van der Waals surface area contributed by atoms with Crippen LogP contribution in [-0.2, 0) is 40.5 Å². The predicted molar refractivity (Wildman–Crippen MR) is 237 cm³/mol. The maximum absolute atomic E-state index is 12.6. The summed E-state index contributed by atoms with van der Waals surface area (Å²) in [5, 5.41) is 41.8. The van der Waals surface area contributed by atoms with Gasteiger partial charge in [-0.3, -0.25) is 28.3 Å². The Bertz CT molecular complexity index is 3460. The number of nitrogens with zero attached hydrogens (tertiary/aromatic N) is 5. The number of phenols is 1. The van der Waals surface area contributed by atoms with E-state index in [9.17, 15) is 67.1 Å². The zero-order valence-corrected chi connectivity index (χ0v) is 36.7. The first-order chi connectivity index (χ1) is 30.9. The smallest absolute Gasteiger partial charge is 0.296 e. The van der Waals surface area contributed by atoms with E-state index in [0.29, 0.717) is 17.4 Å². The number of benzene rings is 6. The molecule has 0 unspecified atom stereocenters. The molecule has 6 aromatic carbocycles. The highest BCUT2D eigenvalue weighted by Crippen LogP contribution is 2.45. The lowest BCUT2D eigenvalue weighted by atomic mass is 10.1. The zero-order valence-electron chi connectivity index (χ0n) is 33.4. The number of nitro benzene ring substituents is 1. The maximum Gasteiger partial charge on any atom is 0.296 e. The van der Waals surface area contributed by atoms with Gasteiger partial charge in [0.1, 0.15) is 55.6 Å². The van der Waals surface area contributed by atoms with Crippen LogP contribution in [0.1, 0.15) is 11.1 Å². The van der Waals surface area contributed by atoms with E-state index in [1.54, 1.807) is 30.3 Å². The molecule has 66 heavy (non-hydrogen) atoms. The molecule has 6 N–H and O–H groups in total. The van der Waals surface area contributed by atoms with Crippen molar-refractivity contribution in [2.45, 2.75) is 14.7 Å². The van der Waals surface area contributed by atoms with E-state index in [1.807, 2.05) is 6.07 Å². The van der Waals surface area contributed by atoms with Crippen molar-refractivity contribution in [3.8, 4) is 17.2 Å². The molecule has 23 nitrogen and oxygen atoms in total. The minimum atomic E-state index is -5.06. The molecule has 0 aromatic heterocycles. The number of hydrogen-bond acceptors (Lipinski definition) is 18. The number of aromatic hydroxyl groups is 1. The van der Waals surface area contributed by atoms with E-state index in [0.717, 1.165) is 54.6 Å². The van der Waals surface area contributed by atoms with Crippen molar-refractivity contribution in [3.63, 3.8) is 0 Å². The topological polar surface area (TPSA) is 361 Å². The lowest BCUT2D eigenvalue weighted by molar-refractivity contribution is -0.385. The number of hydrogen-bond donors (Lipinski definition) is 6. The molecule has 0 aliphatic heterocycles.